The third-order valence-corrected chi connectivity index (χ3v) is 6.90. The number of halogens is 1. The van der Waals surface area contributed by atoms with Crippen LogP contribution in [0.5, 0.6) is 0 Å². The van der Waals surface area contributed by atoms with E-state index in [0.717, 1.165) is 27.7 Å². The monoisotopic (exact) mass is 501 g/mol. The number of thioether (sulfide) groups is 1. The number of rotatable bonds is 5. The van der Waals surface area contributed by atoms with Crippen LogP contribution in [0.3, 0.4) is 0 Å². The van der Waals surface area contributed by atoms with E-state index in [0.29, 0.717) is 14.9 Å². The molecule has 0 unspecified atom stereocenters. The molecule has 1 saturated heterocycles. The van der Waals surface area contributed by atoms with Crippen LogP contribution in [0.4, 0.5) is 15.8 Å². The molecule has 8 heteroatoms. The van der Waals surface area contributed by atoms with Crippen molar-refractivity contribution in [1.82, 2.24) is 4.57 Å². The number of nitrogens with zero attached hydrogens (tertiary/aromatic N) is 2. The maximum absolute atomic E-state index is 13.2. The van der Waals surface area contributed by atoms with E-state index in [1.165, 1.54) is 36.0 Å². The van der Waals surface area contributed by atoms with Gasteiger partial charge in [0.05, 0.1) is 10.6 Å². The number of hydrogen-bond donors (Lipinski definition) is 1. The number of aromatic nitrogens is 1. The van der Waals surface area contributed by atoms with Gasteiger partial charge >= 0.3 is 0 Å². The van der Waals surface area contributed by atoms with Crippen LogP contribution in [0.1, 0.15) is 11.1 Å². The summed E-state index contributed by atoms with van der Waals surface area (Å²) in [5.74, 6) is -0.775. The largest absolute Gasteiger partial charge is 0.337 e. The highest BCUT2D eigenvalue weighted by Crippen LogP contribution is 2.37. The first kappa shape index (κ1) is 23.0. The summed E-state index contributed by atoms with van der Waals surface area (Å²) in [5, 5.41) is 3.70. The lowest BCUT2D eigenvalue weighted by Crippen LogP contribution is -2.27. The summed E-state index contributed by atoms with van der Waals surface area (Å²) < 4.78 is 15.5. The molecule has 0 spiro atoms. The van der Waals surface area contributed by atoms with Crippen molar-refractivity contribution in [2.24, 2.45) is 0 Å². The van der Waals surface area contributed by atoms with Gasteiger partial charge in [0.15, 0.2) is 4.32 Å². The number of fused-ring (bicyclic) bond motifs is 1. The molecule has 1 aliphatic rings. The predicted molar refractivity (Wildman–Crippen MR) is 144 cm³/mol. The summed E-state index contributed by atoms with van der Waals surface area (Å²) >= 11 is 6.77. The maximum atomic E-state index is 13.2. The van der Waals surface area contributed by atoms with Crippen molar-refractivity contribution >= 4 is 68.5 Å². The normalized spacial score (nSPS) is 14.8. The second-order valence-electron chi connectivity index (χ2n) is 8.14. The summed E-state index contributed by atoms with van der Waals surface area (Å²) in [5.41, 5.74) is 3.99. The predicted octanol–water partition coefficient (Wildman–Crippen LogP) is 6.13. The third kappa shape index (κ3) is 4.76. The van der Waals surface area contributed by atoms with Gasteiger partial charge in [-0.25, -0.2) is 4.39 Å². The zero-order chi connectivity index (χ0) is 24.5. The fourth-order valence-corrected chi connectivity index (χ4v) is 5.30. The number of aryl methyl sites for hydroxylation is 1. The minimum atomic E-state index is -0.364. The zero-order valence-corrected chi connectivity index (χ0v) is 20.3. The number of carbonyl (C=O) groups is 2. The Bertz CT molecular complexity index is 1510. The van der Waals surface area contributed by atoms with E-state index < -0.39 is 0 Å². The molecule has 4 aromatic rings. The zero-order valence-electron chi connectivity index (χ0n) is 18.7. The van der Waals surface area contributed by atoms with Crippen molar-refractivity contribution in [3.63, 3.8) is 0 Å². The van der Waals surface area contributed by atoms with Crippen LogP contribution < -0.4 is 10.2 Å². The van der Waals surface area contributed by atoms with Crippen LogP contribution in [0.25, 0.3) is 17.0 Å². The van der Waals surface area contributed by atoms with E-state index in [4.69, 9.17) is 12.2 Å². The summed E-state index contributed by atoms with van der Waals surface area (Å²) in [6.45, 7) is 2.04. The molecule has 5 nitrogen and oxygen atoms in total. The van der Waals surface area contributed by atoms with E-state index in [-0.39, 0.29) is 24.2 Å². The Labute approximate surface area is 211 Å². The molecule has 0 saturated carbocycles. The molecule has 1 aliphatic heterocycles. The summed E-state index contributed by atoms with van der Waals surface area (Å²) in [4.78, 5) is 28.0. The number of thiocarbonyl (C=S) groups is 1. The number of carbonyl (C=O) groups excluding carboxylic acids is 2. The minimum absolute atomic E-state index is 0.0655. The second-order valence-corrected chi connectivity index (χ2v) is 9.82. The quantitative estimate of drug-likeness (QED) is 0.264. The van der Waals surface area contributed by atoms with Crippen LogP contribution in [-0.4, -0.2) is 20.7 Å². The minimum Gasteiger partial charge on any atom is -0.337 e. The van der Waals surface area contributed by atoms with Crippen LogP contribution in [0, 0.1) is 12.7 Å². The van der Waals surface area contributed by atoms with E-state index >= 15 is 0 Å². The van der Waals surface area contributed by atoms with E-state index in [2.05, 4.69) is 5.32 Å². The van der Waals surface area contributed by atoms with Crippen molar-refractivity contribution in [3.05, 3.63) is 101 Å². The van der Waals surface area contributed by atoms with Gasteiger partial charge in [0.25, 0.3) is 5.91 Å². The molecule has 1 aromatic heterocycles. The van der Waals surface area contributed by atoms with Gasteiger partial charge in [-0.3, -0.25) is 14.5 Å². The smallest absolute Gasteiger partial charge is 0.270 e. The highest BCUT2D eigenvalue weighted by molar-refractivity contribution is 8.27. The average molecular weight is 502 g/mol. The Balaban J connectivity index is 1.43. The molecule has 5 rings (SSSR count). The number of anilines is 2. The Morgan fingerprint density at radius 1 is 1.09 bits per heavy atom. The van der Waals surface area contributed by atoms with Crippen LogP contribution >= 0.6 is 24.0 Å². The molecule has 0 radical (unpaired) electrons. The molecule has 2 heterocycles. The number of para-hydroxylation sites is 1. The van der Waals surface area contributed by atoms with Crippen LogP contribution in [0.15, 0.2) is 83.9 Å². The van der Waals surface area contributed by atoms with Crippen LogP contribution in [-0.2, 0) is 16.1 Å². The van der Waals surface area contributed by atoms with Crippen LogP contribution in [0.2, 0.25) is 0 Å². The molecule has 0 bridgehead atoms. The number of nitrogens with one attached hydrogen (secondary N) is 1. The molecule has 0 atom stereocenters. The Morgan fingerprint density at radius 2 is 1.86 bits per heavy atom. The first-order chi connectivity index (χ1) is 16.9. The van der Waals surface area contributed by atoms with Gasteiger partial charge in [-0.2, -0.15) is 0 Å². The molecule has 0 aliphatic carbocycles. The highest BCUT2D eigenvalue weighted by atomic mass is 32.2. The molecule has 1 fully saturated rings. The number of amides is 2. The van der Waals surface area contributed by atoms with Gasteiger partial charge in [0, 0.05) is 28.4 Å². The fraction of sp³-hybridized carbons (Fsp3) is 0.0741. The first-order valence-electron chi connectivity index (χ1n) is 10.9. The lowest BCUT2D eigenvalue weighted by Gasteiger charge is -2.14. The molecule has 3 aromatic carbocycles. The van der Waals surface area contributed by atoms with E-state index in [1.54, 1.807) is 4.90 Å². The van der Waals surface area contributed by atoms with Crippen molar-refractivity contribution in [1.29, 1.82) is 0 Å². The lowest BCUT2D eigenvalue weighted by atomic mass is 10.1. The second kappa shape index (κ2) is 9.48. The molecule has 2 amide bonds. The van der Waals surface area contributed by atoms with Gasteiger partial charge in [-0.05, 0) is 61.0 Å². The summed E-state index contributed by atoms with van der Waals surface area (Å²) in [6.07, 6.45) is 3.68. The molecule has 35 heavy (non-hydrogen) atoms. The van der Waals surface area contributed by atoms with Gasteiger partial charge in [-0.15, -0.1) is 0 Å². The Hall–Kier alpha value is -3.75. The van der Waals surface area contributed by atoms with E-state index in [1.807, 2.05) is 72.3 Å². The molecule has 174 valence electrons. The maximum Gasteiger partial charge on any atom is 0.270 e. The third-order valence-electron chi connectivity index (χ3n) is 5.60. The van der Waals surface area contributed by atoms with Gasteiger partial charge < -0.3 is 9.88 Å². The molecular formula is C27H20FN3O2S2. The first-order valence-corrected chi connectivity index (χ1v) is 12.1. The van der Waals surface area contributed by atoms with Crippen molar-refractivity contribution < 1.29 is 14.0 Å². The highest BCUT2D eigenvalue weighted by Gasteiger charge is 2.33. The topological polar surface area (TPSA) is 54.3 Å². The number of hydrogen-bond acceptors (Lipinski definition) is 4. The number of benzene rings is 3. The summed E-state index contributed by atoms with van der Waals surface area (Å²) in [7, 11) is 0. The van der Waals surface area contributed by atoms with E-state index in [9.17, 15) is 14.0 Å². The van der Waals surface area contributed by atoms with Gasteiger partial charge in [0.2, 0.25) is 5.91 Å². The van der Waals surface area contributed by atoms with Gasteiger partial charge in [0.1, 0.15) is 12.4 Å². The Morgan fingerprint density at radius 3 is 2.63 bits per heavy atom. The summed E-state index contributed by atoms with van der Waals surface area (Å²) in [6, 6.07) is 21.0. The van der Waals surface area contributed by atoms with Gasteiger partial charge in [-0.1, -0.05) is 54.3 Å². The molecular weight excluding hydrogens is 481 g/mol. The SMILES string of the molecule is Cc1cccc(N2C(=O)/C(=C\c3cn(CC(=O)Nc4ccc(F)cc4)c4ccccc34)SC2=S)c1. The molecule has 1 N–H and O–H groups in total. The van der Waals surface area contributed by atoms with Crippen molar-refractivity contribution in [2.75, 3.05) is 10.2 Å². The Kier molecular flexibility index (Phi) is 6.23. The standard InChI is InChI=1S/C27H20FN3O2S2/c1-17-5-4-6-21(13-17)31-26(33)24(35-27(31)34)14-18-15-30(23-8-3-2-7-22(18)23)16-25(32)29-20-11-9-19(28)10-12-20/h2-15H,16H2,1H3,(H,29,32)/b24-14+. The fourth-order valence-electron chi connectivity index (χ4n) is 4.01. The lowest BCUT2D eigenvalue weighted by molar-refractivity contribution is -0.116. The van der Waals surface area contributed by atoms with Crippen molar-refractivity contribution in [3.8, 4) is 0 Å². The average Bonchev–Trinajstić information content (AvgIpc) is 3.31. The van der Waals surface area contributed by atoms with Crippen molar-refractivity contribution in [2.45, 2.75) is 13.5 Å².